The molecule has 6 heteroatoms. The SMILES string of the molecule is CCOC1CCCN(Cc2nnc(Cl)s2)C1. The van der Waals surface area contributed by atoms with Crippen LogP contribution in [0.2, 0.25) is 4.47 Å². The van der Waals surface area contributed by atoms with E-state index >= 15 is 0 Å². The third-order valence-corrected chi connectivity index (χ3v) is 3.67. The molecule has 0 bridgehead atoms. The molecule has 0 saturated carbocycles. The maximum absolute atomic E-state index is 5.76. The molecule has 1 aliphatic rings. The van der Waals surface area contributed by atoms with Crippen molar-refractivity contribution in [2.75, 3.05) is 19.7 Å². The Morgan fingerprint density at radius 1 is 1.56 bits per heavy atom. The predicted octanol–water partition coefficient (Wildman–Crippen LogP) is 2.19. The summed E-state index contributed by atoms with van der Waals surface area (Å²) in [5, 5.41) is 8.84. The normalized spacial score (nSPS) is 22.5. The first kappa shape index (κ1) is 12.2. The average molecular weight is 262 g/mol. The summed E-state index contributed by atoms with van der Waals surface area (Å²) in [7, 11) is 0. The minimum Gasteiger partial charge on any atom is -0.377 e. The van der Waals surface area contributed by atoms with E-state index in [0.717, 1.165) is 31.2 Å². The Hall–Kier alpha value is -0.230. The highest BCUT2D eigenvalue weighted by atomic mass is 35.5. The van der Waals surface area contributed by atoms with Gasteiger partial charge in [-0.2, -0.15) is 0 Å². The van der Waals surface area contributed by atoms with Crippen molar-refractivity contribution in [3.05, 3.63) is 9.47 Å². The standard InChI is InChI=1S/C10H16ClN3OS/c1-2-15-8-4-3-5-14(6-8)7-9-12-13-10(11)16-9/h8H,2-7H2,1H3. The second-order valence-electron chi connectivity index (χ2n) is 3.90. The fraction of sp³-hybridized carbons (Fsp3) is 0.800. The molecule has 0 aliphatic carbocycles. The molecule has 0 radical (unpaired) electrons. The minimum atomic E-state index is 0.377. The van der Waals surface area contributed by atoms with Gasteiger partial charge < -0.3 is 4.74 Å². The average Bonchev–Trinajstić information content (AvgIpc) is 2.65. The summed E-state index contributed by atoms with van der Waals surface area (Å²) in [4.78, 5) is 2.36. The lowest BCUT2D eigenvalue weighted by Crippen LogP contribution is -2.39. The summed E-state index contributed by atoms with van der Waals surface area (Å²) in [5.41, 5.74) is 0. The van der Waals surface area contributed by atoms with Gasteiger partial charge in [0.1, 0.15) is 5.01 Å². The number of hydrogen-bond donors (Lipinski definition) is 0. The molecular weight excluding hydrogens is 246 g/mol. The van der Waals surface area contributed by atoms with Crippen molar-refractivity contribution in [1.82, 2.24) is 15.1 Å². The van der Waals surface area contributed by atoms with Gasteiger partial charge >= 0.3 is 0 Å². The van der Waals surface area contributed by atoms with Crippen molar-refractivity contribution in [2.45, 2.75) is 32.4 Å². The van der Waals surface area contributed by atoms with E-state index in [0.29, 0.717) is 10.6 Å². The van der Waals surface area contributed by atoms with Crippen molar-refractivity contribution < 1.29 is 4.74 Å². The lowest BCUT2D eigenvalue weighted by molar-refractivity contribution is 0.00357. The molecule has 0 aromatic carbocycles. The van der Waals surface area contributed by atoms with Gasteiger partial charge in [0, 0.05) is 13.2 Å². The van der Waals surface area contributed by atoms with Crippen LogP contribution < -0.4 is 0 Å². The Labute approximate surface area is 105 Å². The summed E-state index contributed by atoms with van der Waals surface area (Å²) in [6.07, 6.45) is 2.74. The Kier molecular flexibility index (Phi) is 4.52. The van der Waals surface area contributed by atoms with Crippen molar-refractivity contribution in [3.8, 4) is 0 Å². The number of rotatable bonds is 4. The molecule has 1 unspecified atom stereocenters. The van der Waals surface area contributed by atoms with Gasteiger partial charge in [-0.3, -0.25) is 4.90 Å². The second-order valence-corrected chi connectivity index (χ2v) is 5.55. The Morgan fingerprint density at radius 2 is 2.44 bits per heavy atom. The molecule has 1 fully saturated rings. The van der Waals surface area contributed by atoms with E-state index in [2.05, 4.69) is 15.1 Å². The van der Waals surface area contributed by atoms with Crippen LogP contribution >= 0.6 is 22.9 Å². The first-order valence-electron chi connectivity index (χ1n) is 5.59. The molecule has 0 amide bonds. The van der Waals surface area contributed by atoms with E-state index in [1.165, 1.54) is 24.2 Å². The second kappa shape index (κ2) is 5.91. The van der Waals surface area contributed by atoms with Gasteiger partial charge in [0.2, 0.25) is 4.47 Å². The zero-order valence-electron chi connectivity index (χ0n) is 9.36. The predicted molar refractivity (Wildman–Crippen MR) is 64.8 cm³/mol. The van der Waals surface area contributed by atoms with Crippen LogP contribution in [-0.2, 0) is 11.3 Å². The summed E-state index contributed by atoms with van der Waals surface area (Å²) in [6.45, 7) is 5.78. The van der Waals surface area contributed by atoms with E-state index in [1.54, 1.807) is 0 Å². The Balaban J connectivity index is 1.85. The van der Waals surface area contributed by atoms with Crippen LogP contribution in [0, 0.1) is 0 Å². The van der Waals surface area contributed by atoms with Gasteiger partial charge in [-0.25, -0.2) is 0 Å². The van der Waals surface area contributed by atoms with Crippen LogP contribution in [0.25, 0.3) is 0 Å². The maximum Gasteiger partial charge on any atom is 0.207 e. The van der Waals surface area contributed by atoms with Crippen LogP contribution in [0.1, 0.15) is 24.8 Å². The van der Waals surface area contributed by atoms with E-state index in [4.69, 9.17) is 16.3 Å². The lowest BCUT2D eigenvalue weighted by atomic mass is 10.1. The molecule has 0 N–H and O–H groups in total. The number of nitrogens with zero attached hydrogens (tertiary/aromatic N) is 3. The van der Waals surface area contributed by atoms with Crippen LogP contribution in [0.3, 0.4) is 0 Å². The Morgan fingerprint density at radius 3 is 3.12 bits per heavy atom. The molecule has 1 saturated heterocycles. The zero-order valence-corrected chi connectivity index (χ0v) is 10.9. The van der Waals surface area contributed by atoms with Gasteiger partial charge in [0.15, 0.2) is 0 Å². The van der Waals surface area contributed by atoms with Gasteiger partial charge in [-0.1, -0.05) is 11.3 Å². The summed E-state index contributed by atoms with van der Waals surface area (Å²) >= 11 is 7.21. The van der Waals surface area contributed by atoms with E-state index < -0.39 is 0 Å². The van der Waals surface area contributed by atoms with Crippen LogP contribution in [0.15, 0.2) is 0 Å². The molecule has 90 valence electrons. The summed E-state index contributed by atoms with van der Waals surface area (Å²) < 4.78 is 6.18. The third kappa shape index (κ3) is 3.38. The molecule has 1 aliphatic heterocycles. The molecule has 1 atom stereocenters. The molecule has 2 heterocycles. The maximum atomic E-state index is 5.76. The molecule has 4 nitrogen and oxygen atoms in total. The van der Waals surface area contributed by atoms with Crippen LogP contribution in [-0.4, -0.2) is 40.9 Å². The van der Waals surface area contributed by atoms with Crippen molar-refractivity contribution >= 4 is 22.9 Å². The fourth-order valence-electron chi connectivity index (χ4n) is 2.02. The molecule has 0 spiro atoms. The third-order valence-electron chi connectivity index (χ3n) is 2.67. The molecule has 1 aromatic heterocycles. The van der Waals surface area contributed by atoms with E-state index in [-0.39, 0.29) is 0 Å². The number of aromatic nitrogens is 2. The molecule has 2 rings (SSSR count). The van der Waals surface area contributed by atoms with Gasteiger partial charge in [0.05, 0.1) is 12.6 Å². The topological polar surface area (TPSA) is 38.2 Å². The van der Waals surface area contributed by atoms with Crippen LogP contribution in [0.4, 0.5) is 0 Å². The number of ether oxygens (including phenoxy) is 1. The Bertz CT molecular complexity index is 332. The minimum absolute atomic E-state index is 0.377. The van der Waals surface area contributed by atoms with Gasteiger partial charge in [-0.05, 0) is 37.9 Å². The molecule has 1 aromatic rings. The highest BCUT2D eigenvalue weighted by molar-refractivity contribution is 7.15. The molecule has 16 heavy (non-hydrogen) atoms. The largest absolute Gasteiger partial charge is 0.377 e. The number of likely N-dealkylation sites (tertiary alicyclic amines) is 1. The number of piperidine rings is 1. The summed E-state index contributed by atoms with van der Waals surface area (Å²) in [6, 6.07) is 0. The monoisotopic (exact) mass is 261 g/mol. The lowest BCUT2D eigenvalue weighted by Gasteiger charge is -2.31. The van der Waals surface area contributed by atoms with E-state index in [9.17, 15) is 0 Å². The van der Waals surface area contributed by atoms with Crippen LogP contribution in [0.5, 0.6) is 0 Å². The number of hydrogen-bond acceptors (Lipinski definition) is 5. The quantitative estimate of drug-likeness (QED) is 0.833. The smallest absolute Gasteiger partial charge is 0.207 e. The fourth-order valence-corrected chi connectivity index (χ4v) is 2.93. The van der Waals surface area contributed by atoms with Gasteiger partial charge in [0.25, 0.3) is 0 Å². The zero-order chi connectivity index (χ0) is 11.4. The highest BCUT2D eigenvalue weighted by Gasteiger charge is 2.20. The van der Waals surface area contributed by atoms with Crippen molar-refractivity contribution in [1.29, 1.82) is 0 Å². The number of halogens is 1. The first-order chi connectivity index (χ1) is 7.78. The van der Waals surface area contributed by atoms with E-state index in [1.807, 2.05) is 6.92 Å². The first-order valence-corrected chi connectivity index (χ1v) is 6.79. The highest BCUT2D eigenvalue weighted by Crippen LogP contribution is 2.19. The summed E-state index contributed by atoms with van der Waals surface area (Å²) in [5.74, 6) is 0. The van der Waals surface area contributed by atoms with Gasteiger partial charge in [-0.15, -0.1) is 10.2 Å². The van der Waals surface area contributed by atoms with Crippen molar-refractivity contribution in [2.24, 2.45) is 0 Å². The molecular formula is C10H16ClN3OS. The van der Waals surface area contributed by atoms with Crippen molar-refractivity contribution in [3.63, 3.8) is 0 Å².